The molecule has 0 saturated carbocycles. The number of carbonyl (C=O) groups excluding carboxylic acids is 2. The minimum atomic E-state index is -0.620. The molecule has 3 heterocycles. The van der Waals surface area contributed by atoms with Crippen molar-refractivity contribution in [2.75, 3.05) is 25.6 Å². The lowest BCUT2D eigenvalue weighted by molar-refractivity contribution is -0.136. The number of rotatable bonds is 4. The van der Waals surface area contributed by atoms with Crippen LogP contribution in [0.4, 0.5) is 10.5 Å². The molecule has 2 aromatic rings. The Bertz CT molecular complexity index is 1170. The number of benzene rings is 2. The fourth-order valence-electron chi connectivity index (χ4n) is 4.39. The van der Waals surface area contributed by atoms with E-state index in [0.29, 0.717) is 23.3 Å². The number of aliphatic imine (C=N–C) groups is 1. The van der Waals surface area contributed by atoms with Crippen LogP contribution in [0.25, 0.3) is 5.70 Å². The molecule has 164 valence electrons. The third-order valence-corrected chi connectivity index (χ3v) is 6.29. The molecule has 2 atom stereocenters. The van der Waals surface area contributed by atoms with Crippen molar-refractivity contribution in [1.29, 1.82) is 0 Å². The number of imide groups is 1. The Morgan fingerprint density at radius 3 is 2.53 bits per heavy atom. The summed E-state index contributed by atoms with van der Waals surface area (Å²) in [6, 6.07) is 14.4. The van der Waals surface area contributed by atoms with E-state index in [9.17, 15) is 9.59 Å². The number of urea groups is 1. The lowest BCUT2D eigenvalue weighted by Crippen LogP contribution is -2.64. The van der Waals surface area contributed by atoms with Crippen molar-refractivity contribution in [3.63, 3.8) is 0 Å². The summed E-state index contributed by atoms with van der Waals surface area (Å²) in [4.78, 5) is 37.3. The summed E-state index contributed by atoms with van der Waals surface area (Å²) in [6.45, 7) is 2.10. The maximum absolute atomic E-state index is 13.2. The largest absolute Gasteiger partial charge is 0.495 e. The lowest BCUT2D eigenvalue weighted by Gasteiger charge is -2.39. The van der Waals surface area contributed by atoms with Crippen LogP contribution in [0.1, 0.15) is 12.5 Å². The number of halogens is 1. The first-order chi connectivity index (χ1) is 15.5. The Kier molecular flexibility index (Phi) is 4.82. The predicted molar refractivity (Wildman–Crippen MR) is 122 cm³/mol. The van der Waals surface area contributed by atoms with Gasteiger partial charge in [-0.1, -0.05) is 41.9 Å². The van der Waals surface area contributed by atoms with Crippen molar-refractivity contribution in [2.45, 2.75) is 19.1 Å². The molecule has 3 aliphatic rings. The lowest BCUT2D eigenvalue weighted by atomic mass is 10.1. The van der Waals surface area contributed by atoms with E-state index in [0.717, 1.165) is 16.9 Å². The van der Waals surface area contributed by atoms with E-state index in [2.05, 4.69) is 0 Å². The van der Waals surface area contributed by atoms with Crippen LogP contribution in [0, 0.1) is 0 Å². The van der Waals surface area contributed by atoms with Crippen LogP contribution >= 0.6 is 11.6 Å². The summed E-state index contributed by atoms with van der Waals surface area (Å²) < 4.78 is 5.30. The number of hydrogen-bond donors (Lipinski definition) is 0. The van der Waals surface area contributed by atoms with E-state index in [1.807, 2.05) is 52.4 Å². The van der Waals surface area contributed by atoms with Gasteiger partial charge in [-0.3, -0.25) is 19.5 Å². The Labute approximate surface area is 190 Å². The fourth-order valence-corrected chi connectivity index (χ4v) is 4.64. The maximum atomic E-state index is 13.2. The Balaban J connectivity index is 1.64. The number of anilines is 1. The molecule has 0 aromatic heterocycles. The van der Waals surface area contributed by atoms with E-state index in [1.54, 1.807) is 33.2 Å². The number of methoxy groups -OCH3 is 1. The van der Waals surface area contributed by atoms with Crippen LogP contribution in [0.3, 0.4) is 0 Å². The number of ether oxygens (including phenoxy) is 1. The third kappa shape index (κ3) is 2.86. The molecule has 3 aliphatic heterocycles. The quantitative estimate of drug-likeness (QED) is 0.712. The van der Waals surface area contributed by atoms with Gasteiger partial charge < -0.3 is 9.64 Å². The van der Waals surface area contributed by atoms with Gasteiger partial charge in [0.1, 0.15) is 5.75 Å². The molecule has 0 radical (unpaired) electrons. The van der Waals surface area contributed by atoms with Crippen LogP contribution in [-0.4, -0.2) is 65.5 Å². The second kappa shape index (κ2) is 7.56. The highest BCUT2D eigenvalue weighted by atomic mass is 35.5. The molecular formula is C23H22ClN5O3. The van der Waals surface area contributed by atoms with E-state index < -0.39 is 12.2 Å². The summed E-state index contributed by atoms with van der Waals surface area (Å²) in [5.74, 6) is 0.890. The Morgan fingerprint density at radius 1 is 1.12 bits per heavy atom. The zero-order chi connectivity index (χ0) is 22.6. The first kappa shape index (κ1) is 20.4. The second-order valence-electron chi connectivity index (χ2n) is 7.71. The third-order valence-electron chi connectivity index (χ3n) is 5.99. The van der Waals surface area contributed by atoms with Gasteiger partial charge in [0.15, 0.2) is 12.2 Å². The number of amides is 3. The predicted octanol–water partition coefficient (Wildman–Crippen LogP) is 3.45. The molecule has 1 saturated heterocycles. The van der Waals surface area contributed by atoms with Gasteiger partial charge in [0, 0.05) is 25.4 Å². The van der Waals surface area contributed by atoms with Crippen molar-refractivity contribution < 1.29 is 14.3 Å². The normalized spacial score (nSPS) is 22.1. The average molecular weight is 452 g/mol. The van der Waals surface area contributed by atoms with Crippen LogP contribution in [-0.2, 0) is 4.79 Å². The Hall–Kier alpha value is -3.52. The van der Waals surface area contributed by atoms with Crippen molar-refractivity contribution in [1.82, 2.24) is 14.7 Å². The molecule has 9 heteroatoms. The molecule has 0 aliphatic carbocycles. The molecule has 5 rings (SSSR count). The van der Waals surface area contributed by atoms with Gasteiger partial charge in [-0.05, 0) is 25.1 Å². The number of hydrogen-bond acceptors (Lipinski definition) is 6. The van der Waals surface area contributed by atoms with Crippen molar-refractivity contribution >= 4 is 40.9 Å². The zero-order valence-electron chi connectivity index (χ0n) is 17.9. The molecular weight excluding hydrogens is 430 g/mol. The van der Waals surface area contributed by atoms with Crippen molar-refractivity contribution in [2.24, 2.45) is 4.99 Å². The number of likely N-dealkylation sites (N-methyl/N-ethyl adjacent to an activating group) is 2. The monoisotopic (exact) mass is 451 g/mol. The highest BCUT2D eigenvalue weighted by molar-refractivity contribution is 6.32. The highest BCUT2D eigenvalue weighted by Gasteiger charge is 2.54. The van der Waals surface area contributed by atoms with Crippen LogP contribution in [0.5, 0.6) is 5.75 Å². The summed E-state index contributed by atoms with van der Waals surface area (Å²) in [5, 5.41) is 0.465. The van der Waals surface area contributed by atoms with E-state index >= 15 is 0 Å². The standard InChI is InChI=1S/C23H22ClN5O3/c1-4-27-21(30)19-20(26(2)23(27)31)25-22-28(19)13-17(14-8-6-5-7-9-14)29(22)15-10-11-18(32-3)16(24)12-15/h5-13,19-20H,4H2,1-3H3. The highest BCUT2D eigenvalue weighted by Crippen LogP contribution is 2.41. The molecule has 32 heavy (non-hydrogen) atoms. The smallest absolute Gasteiger partial charge is 0.328 e. The molecule has 2 aromatic carbocycles. The van der Waals surface area contributed by atoms with Crippen molar-refractivity contribution in [3.8, 4) is 5.75 Å². The van der Waals surface area contributed by atoms with Gasteiger partial charge in [0.25, 0.3) is 5.91 Å². The summed E-state index contributed by atoms with van der Waals surface area (Å²) in [6.07, 6.45) is 1.32. The Morgan fingerprint density at radius 2 is 1.88 bits per heavy atom. The van der Waals surface area contributed by atoms with Crippen LogP contribution in [0.15, 0.2) is 59.7 Å². The number of carbonyl (C=O) groups is 2. The molecule has 3 amide bonds. The van der Waals surface area contributed by atoms with Crippen LogP contribution in [0.2, 0.25) is 5.02 Å². The molecule has 1 fully saturated rings. The first-order valence-corrected chi connectivity index (χ1v) is 10.7. The fraction of sp³-hybridized carbons (Fsp3) is 0.261. The van der Waals surface area contributed by atoms with E-state index in [1.165, 1.54) is 9.80 Å². The number of guanidine groups is 1. The van der Waals surface area contributed by atoms with Gasteiger partial charge in [-0.2, -0.15) is 0 Å². The number of fused-ring (bicyclic) bond motifs is 3. The first-order valence-electron chi connectivity index (χ1n) is 10.3. The summed E-state index contributed by atoms with van der Waals surface area (Å²) in [5.41, 5.74) is 2.60. The van der Waals surface area contributed by atoms with Gasteiger partial charge in [-0.25, -0.2) is 9.79 Å². The molecule has 0 spiro atoms. The maximum Gasteiger partial charge on any atom is 0.328 e. The average Bonchev–Trinajstić information content (AvgIpc) is 3.35. The van der Waals surface area contributed by atoms with E-state index in [4.69, 9.17) is 21.3 Å². The molecule has 0 bridgehead atoms. The van der Waals surface area contributed by atoms with Gasteiger partial charge in [0.05, 0.1) is 23.5 Å². The summed E-state index contributed by atoms with van der Waals surface area (Å²) in [7, 11) is 3.25. The second-order valence-corrected chi connectivity index (χ2v) is 8.11. The molecule has 2 unspecified atom stereocenters. The van der Waals surface area contributed by atoms with Gasteiger partial charge >= 0.3 is 6.03 Å². The van der Waals surface area contributed by atoms with Gasteiger partial charge in [-0.15, -0.1) is 0 Å². The topological polar surface area (TPSA) is 68.7 Å². The molecule has 0 N–H and O–H groups in total. The zero-order valence-corrected chi connectivity index (χ0v) is 18.7. The minimum Gasteiger partial charge on any atom is -0.495 e. The minimum absolute atomic E-state index is 0.252. The summed E-state index contributed by atoms with van der Waals surface area (Å²) >= 11 is 6.43. The van der Waals surface area contributed by atoms with Crippen LogP contribution < -0.4 is 9.64 Å². The van der Waals surface area contributed by atoms with Crippen molar-refractivity contribution in [3.05, 3.63) is 65.3 Å². The molecule has 8 nitrogen and oxygen atoms in total. The number of nitrogens with zero attached hydrogens (tertiary/aromatic N) is 5. The SMILES string of the molecule is CCN1C(=O)C2C(N=C3N(c4ccc(OC)c(Cl)c4)C(c4ccccc4)=CN32)N(C)C1=O. The van der Waals surface area contributed by atoms with Gasteiger partial charge in [0.2, 0.25) is 5.96 Å². The van der Waals surface area contributed by atoms with E-state index in [-0.39, 0.29) is 11.9 Å².